The highest BCUT2D eigenvalue weighted by Crippen LogP contribution is 2.36. The minimum Gasteiger partial charge on any atom is -0.508 e. The number of hydrogen-bond donors (Lipinski definition) is 1. The van der Waals surface area contributed by atoms with Crippen LogP contribution in [-0.2, 0) is 6.42 Å². The summed E-state index contributed by atoms with van der Waals surface area (Å²) in [5.41, 5.74) is 2.53. The molecule has 27 heavy (non-hydrogen) atoms. The second-order valence-electron chi connectivity index (χ2n) is 6.10. The van der Waals surface area contributed by atoms with Gasteiger partial charge in [0.2, 0.25) is 0 Å². The third-order valence-corrected chi connectivity index (χ3v) is 4.52. The average molecular weight is 403 g/mol. The fourth-order valence-corrected chi connectivity index (χ4v) is 3.23. The van der Waals surface area contributed by atoms with Crippen LogP contribution in [-0.4, -0.2) is 18.3 Å². The fraction of sp³-hybridized carbons (Fsp3) is 0.182. The Morgan fingerprint density at radius 1 is 0.741 bits per heavy atom. The summed E-state index contributed by atoms with van der Waals surface area (Å²) >= 11 is 12.0. The van der Waals surface area contributed by atoms with Gasteiger partial charge in [0.25, 0.3) is 0 Å². The van der Waals surface area contributed by atoms with Crippen molar-refractivity contribution in [2.45, 2.75) is 12.8 Å². The SMILES string of the molecule is Oc1cc(Cl)c(OCCCOc2ccc(Cc3ccccc3)cc2)c(Cl)c1. The number of aromatic hydroxyl groups is 1. The first-order valence-corrected chi connectivity index (χ1v) is 9.44. The maximum absolute atomic E-state index is 9.41. The Kier molecular flexibility index (Phi) is 6.86. The van der Waals surface area contributed by atoms with Crippen molar-refractivity contribution in [1.29, 1.82) is 0 Å². The third-order valence-electron chi connectivity index (χ3n) is 3.96. The molecule has 1 N–H and O–H groups in total. The lowest BCUT2D eigenvalue weighted by Gasteiger charge is -2.11. The fourth-order valence-electron chi connectivity index (χ4n) is 2.64. The quantitative estimate of drug-likeness (QED) is 0.460. The molecule has 0 aliphatic rings. The van der Waals surface area contributed by atoms with E-state index >= 15 is 0 Å². The molecule has 0 unspecified atom stereocenters. The topological polar surface area (TPSA) is 38.7 Å². The van der Waals surface area contributed by atoms with Gasteiger partial charge < -0.3 is 14.6 Å². The van der Waals surface area contributed by atoms with E-state index in [0.717, 1.165) is 12.2 Å². The van der Waals surface area contributed by atoms with Gasteiger partial charge in [0.05, 0.1) is 23.3 Å². The number of halogens is 2. The van der Waals surface area contributed by atoms with Crippen molar-refractivity contribution in [3.63, 3.8) is 0 Å². The minimum absolute atomic E-state index is 0.0106. The normalized spacial score (nSPS) is 10.6. The van der Waals surface area contributed by atoms with Crippen molar-refractivity contribution in [2.75, 3.05) is 13.2 Å². The molecule has 0 atom stereocenters. The second kappa shape index (κ2) is 9.54. The molecule has 0 amide bonds. The number of benzene rings is 3. The molecule has 0 bridgehead atoms. The molecule has 140 valence electrons. The van der Waals surface area contributed by atoms with Crippen molar-refractivity contribution in [1.82, 2.24) is 0 Å². The van der Waals surface area contributed by atoms with Crippen LogP contribution in [0, 0.1) is 0 Å². The molecule has 0 radical (unpaired) electrons. The summed E-state index contributed by atoms with van der Waals surface area (Å²) in [6, 6.07) is 21.3. The molecule has 3 aromatic rings. The highest BCUT2D eigenvalue weighted by atomic mass is 35.5. The lowest BCUT2D eigenvalue weighted by atomic mass is 10.1. The lowest BCUT2D eigenvalue weighted by molar-refractivity contribution is 0.247. The Morgan fingerprint density at radius 3 is 2.00 bits per heavy atom. The van der Waals surface area contributed by atoms with E-state index in [9.17, 15) is 5.11 Å². The predicted octanol–water partition coefficient (Wildman–Crippen LogP) is 6.14. The van der Waals surface area contributed by atoms with Gasteiger partial charge in [-0.15, -0.1) is 0 Å². The van der Waals surface area contributed by atoms with Gasteiger partial charge in [-0.2, -0.15) is 0 Å². The molecule has 0 aromatic heterocycles. The van der Waals surface area contributed by atoms with Crippen molar-refractivity contribution in [3.8, 4) is 17.2 Å². The first-order chi connectivity index (χ1) is 13.1. The first kappa shape index (κ1) is 19.4. The molecular weight excluding hydrogens is 383 g/mol. The van der Waals surface area contributed by atoms with Crippen LogP contribution in [0.4, 0.5) is 0 Å². The van der Waals surface area contributed by atoms with Gasteiger partial charge >= 0.3 is 0 Å². The van der Waals surface area contributed by atoms with Gasteiger partial charge in [-0.05, 0) is 29.7 Å². The van der Waals surface area contributed by atoms with Crippen LogP contribution in [0.5, 0.6) is 17.2 Å². The molecule has 0 aliphatic heterocycles. The van der Waals surface area contributed by atoms with E-state index in [1.807, 2.05) is 30.3 Å². The monoisotopic (exact) mass is 402 g/mol. The Bertz CT molecular complexity index is 841. The summed E-state index contributed by atoms with van der Waals surface area (Å²) in [4.78, 5) is 0. The van der Waals surface area contributed by atoms with Crippen LogP contribution in [0.15, 0.2) is 66.7 Å². The molecule has 3 nitrogen and oxygen atoms in total. The summed E-state index contributed by atoms with van der Waals surface area (Å²) in [6.07, 6.45) is 1.59. The molecular formula is C22H20Cl2O3. The van der Waals surface area contributed by atoms with Crippen LogP contribution in [0.25, 0.3) is 0 Å². The molecule has 3 aromatic carbocycles. The molecule has 0 saturated carbocycles. The van der Waals surface area contributed by atoms with E-state index in [1.54, 1.807) is 0 Å². The first-order valence-electron chi connectivity index (χ1n) is 8.68. The lowest BCUT2D eigenvalue weighted by Crippen LogP contribution is -2.05. The van der Waals surface area contributed by atoms with E-state index in [4.69, 9.17) is 32.7 Å². The maximum atomic E-state index is 9.41. The third kappa shape index (κ3) is 5.81. The number of hydrogen-bond acceptors (Lipinski definition) is 3. The van der Waals surface area contributed by atoms with Gasteiger partial charge in [0.15, 0.2) is 5.75 Å². The van der Waals surface area contributed by atoms with Gasteiger partial charge in [-0.1, -0.05) is 65.7 Å². The molecule has 0 saturated heterocycles. The summed E-state index contributed by atoms with van der Waals surface area (Å²) in [6.45, 7) is 0.932. The zero-order valence-electron chi connectivity index (χ0n) is 14.7. The van der Waals surface area contributed by atoms with Crippen LogP contribution in [0.1, 0.15) is 17.5 Å². The Balaban J connectivity index is 1.42. The summed E-state index contributed by atoms with van der Waals surface area (Å²) in [7, 11) is 0. The van der Waals surface area contributed by atoms with E-state index < -0.39 is 0 Å². The average Bonchev–Trinajstić information content (AvgIpc) is 2.65. The number of ether oxygens (including phenoxy) is 2. The second-order valence-corrected chi connectivity index (χ2v) is 6.91. The van der Waals surface area contributed by atoms with E-state index in [0.29, 0.717) is 25.4 Å². The molecule has 0 aliphatic carbocycles. The molecule has 0 spiro atoms. The smallest absolute Gasteiger partial charge is 0.156 e. The zero-order valence-corrected chi connectivity index (χ0v) is 16.2. The summed E-state index contributed by atoms with van der Waals surface area (Å²) in [5.74, 6) is 1.21. The highest BCUT2D eigenvalue weighted by molar-refractivity contribution is 6.37. The van der Waals surface area contributed by atoms with Crippen molar-refractivity contribution < 1.29 is 14.6 Å². The Labute approximate surface area is 169 Å². The van der Waals surface area contributed by atoms with Crippen LogP contribution >= 0.6 is 23.2 Å². The van der Waals surface area contributed by atoms with Crippen molar-refractivity contribution in [3.05, 3.63) is 87.9 Å². The maximum Gasteiger partial charge on any atom is 0.156 e. The van der Waals surface area contributed by atoms with E-state index in [-0.39, 0.29) is 15.8 Å². The number of rotatable bonds is 8. The van der Waals surface area contributed by atoms with Crippen LogP contribution < -0.4 is 9.47 Å². The number of phenolic OH excluding ortho intramolecular Hbond substituents is 1. The molecule has 5 heteroatoms. The van der Waals surface area contributed by atoms with Crippen LogP contribution in [0.3, 0.4) is 0 Å². The van der Waals surface area contributed by atoms with Gasteiger partial charge in [-0.3, -0.25) is 0 Å². The van der Waals surface area contributed by atoms with Crippen LogP contribution in [0.2, 0.25) is 10.0 Å². The minimum atomic E-state index is 0.0106. The summed E-state index contributed by atoms with van der Waals surface area (Å²) < 4.78 is 11.3. The molecule has 3 rings (SSSR count). The number of phenols is 1. The molecule has 0 fully saturated rings. The highest BCUT2D eigenvalue weighted by Gasteiger charge is 2.09. The Hall–Kier alpha value is -2.36. The van der Waals surface area contributed by atoms with E-state index in [1.165, 1.54) is 23.3 Å². The van der Waals surface area contributed by atoms with Gasteiger partial charge in [0.1, 0.15) is 11.5 Å². The summed E-state index contributed by atoms with van der Waals surface area (Å²) in [5, 5.41) is 9.99. The largest absolute Gasteiger partial charge is 0.508 e. The van der Waals surface area contributed by atoms with Crippen molar-refractivity contribution in [2.24, 2.45) is 0 Å². The van der Waals surface area contributed by atoms with Gasteiger partial charge in [0, 0.05) is 18.6 Å². The zero-order chi connectivity index (χ0) is 19.1. The predicted molar refractivity (Wildman–Crippen MR) is 109 cm³/mol. The van der Waals surface area contributed by atoms with Gasteiger partial charge in [-0.25, -0.2) is 0 Å². The standard InChI is InChI=1S/C22H20Cl2O3/c23-20-14-18(25)15-21(24)22(20)27-12-4-11-26-19-9-7-17(8-10-19)13-16-5-2-1-3-6-16/h1-3,5-10,14-15,25H,4,11-13H2. The van der Waals surface area contributed by atoms with Crippen molar-refractivity contribution >= 4 is 23.2 Å². The Morgan fingerprint density at radius 2 is 1.33 bits per heavy atom. The van der Waals surface area contributed by atoms with E-state index in [2.05, 4.69) is 24.3 Å². The molecule has 0 heterocycles.